The molecule has 0 saturated heterocycles. The smallest absolute Gasteiger partial charge is 0.377 e. The van der Waals surface area contributed by atoms with Crippen molar-refractivity contribution in [1.29, 1.82) is 0 Å². The van der Waals surface area contributed by atoms with Crippen molar-refractivity contribution in [3.8, 4) is 0 Å². The lowest BCUT2D eigenvalue weighted by atomic mass is 10.1. The first kappa shape index (κ1) is 33.2. The molecule has 0 radical (unpaired) electrons. The summed E-state index contributed by atoms with van der Waals surface area (Å²) in [7, 11) is -5.33. The van der Waals surface area contributed by atoms with Gasteiger partial charge >= 0.3 is 7.82 Å². The largest absolute Gasteiger partial charge is 0.469 e. The van der Waals surface area contributed by atoms with Crippen LogP contribution >= 0.6 is 7.82 Å². The van der Waals surface area contributed by atoms with Gasteiger partial charge in [-0.2, -0.15) is 0 Å². The van der Waals surface area contributed by atoms with Crippen molar-refractivity contribution in [3.63, 3.8) is 0 Å². The highest BCUT2D eigenvalue weighted by Crippen LogP contribution is 2.35. The summed E-state index contributed by atoms with van der Waals surface area (Å²) in [4.78, 5) is 17.5. The number of phosphoric acid groups is 1. The lowest BCUT2D eigenvalue weighted by Gasteiger charge is -2.24. The summed E-state index contributed by atoms with van der Waals surface area (Å²) in [6.07, 6.45) is 19.9. The van der Waals surface area contributed by atoms with Crippen LogP contribution in [0.5, 0.6) is 0 Å². The number of unbranched alkanes of at least 4 members (excludes halogenated alkanes) is 13. The minimum Gasteiger partial charge on any atom is -0.377 e. The van der Waals surface area contributed by atoms with Crippen molar-refractivity contribution < 1.29 is 27.8 Å². The summed E-state index contributed by atoms with van der Waals surface area (Å²) in [5, 5.41) is 0.0212. The molecular weight excluding hydrogens is 459 g/mol. The molecule has 0 aromatic carbocycles. The number of phosphoric ester groups is 1. The van der Waals surface area contributed by atoms with Crippen molar-refractivity contribution in [1.82, 2.24) is 0 Å². The highest BCUT2D eigenvalue weighted by Gasteiger charge is 2.24. The molecule has 0 aliphatic rings. The Balaban J connectivity index is 4.22. The van der Waals surface area contributed by atoms with Gasteiger partial charge in [0.15, 0.2) is 0 Å². The predicted molar refractivity (Wildman–Crippen MR) is 140 cm³/mol. The normalized spacial score (nSPS) is 14.9. The Morgan fingerprint density at radius 1 is 0.727 bits per heavy atom. The van der Waals surface area contributed by atoms with Crippen LogP contribution in [0, 0.1) is 0 Å². The van der Waals surface area contributed by atoms with E-state index in [1.54, 1.807) is 0 Å². The number of hydrogen-bond donors (Lipinski definition) is 2. The zero-order valence-corrected chi connectivity index (χ0v) is 23.4. The molecule has 3 unspecified atom stereocenters. The summed E-state index contributed by atoms with van der Waals surface area (Å²) in [5.41, 5.74) is 0. The lowest BCUT2D eigenvalue weighted by molar-refractivity contribution is 0.0513. The highest BCUT2D eigenvalue weighted by atomic mass is 32.2. The SMILES string of the molecule is CCCCCCCCCCCCS(=O)C(CCCCCCC)C(C)OCCCOP(=O)(O)O. The molecule has 0 heterocycles. The predicted octanol–water partition coefficient (Wildman–Crippen LogP) is 7.29. The van der Waals surface area contributed by atoms with Crippen LogP contribution in [0.25, 0.3) is 0 Å². The van der Waals surface area contributed by atoms with E-state index in [-0.39, 0.29) is 18.0 Å². The van der Waals surface area contributed by atoms with E-state index in [9.17, 15) is 8.77 Å². The molecule has 8 heteroatoms. The van der Waals surface area contributed by atoms with Gasteiger partial charge in [-0.15, -0.1) is 0 Å². The van der Waals surface area contributed by atoms with E-state index in [0.29, 0.717) is 13.0 Å². The fourth-order valence-electron chi connectivity index (χ4n) is 4.03. The Morgan fingerprint density at radius 3 is 1.73 bits per heavy atom. The van der Waals surface area contributed by atoms with Crippen molar-refractivity contribution in [2.45, 2.75) is 141 Å². The third-order valence-electron chi connectivity index (χ3n) is 6.08. The van der Waals surface area contributed by atoms with Gasteiger partial charge in [-0.3, -0.25) is 8.73 Å². The van der Waals surface area contributed by atoms with Crippen LogP contribution in [0.3, 0.4) is 0 Å². The summed E-state index contributed by atoms with van der Waals surface area (Å²) >= 11 is 0. The Bertz CT molecular complexity index is 499. The van der Waals surface area contributed by atoms with Gasteiger partial charge in [0.1, 0.15) is 0 Å². The minimum absolute atomic E-state index is 0.0212. The van der Waals surface area contributed by atoms with Crippen LogP contribution in [-0.4, -0.2) is 44.3 Å². The third kappa shape index (κ3) is 22.4. The molecule has 200 valence electrons. The molecule has 0 bridgehead atoms. The second-order valence-electron chi connectivity index (χ2n) is 9.26. The van der Waals surface area contributed by atoms with E-state index in [2.05, 4.69) is 18.4 Å². The summed E-state index contributed by atoms with van der Waals surface area (Å²) in [6, 6.07) is 0. The van der Waals surface area contributed by atoms with Crippen LogP contribution in [0.4, 0.5) is 0 Å². The van der Waals surface area contributed by atoms with Gasteiger partial charge < -0.3 is 14.5 Å². The molecular formula is C25H53O6PS. The molecule has 0 amide bonds. The van der Waals surface area contributed by atoms with Crippen LogP contribution in [-0.2, 0) is 24.6 Å². The molecule has 0 aliphatic carbocycles. The van der Waals surface area contributed by atoms with Gasteiger partial charge in [0.05, 0.1) is 18.0 Å². The molecule has 0 spiro atoms. The van der Waals surface area contributed by atoms with Gasteiger partial charge in [-0.1, -0.05) is 104 Å². The quantitative estimate of drug-likeness (QED) is 0.0985. The lowest BCUT2D eigenvalue weighted by Crippen LogP contribution is -2.32. The van der Waals surface area contributed by atoms with Crippen LogP contribution in [0.1, 0.15) is 130 Å². The molecule has 0 aromatic heterocycles. The van der Waals surface area contributed by atoms with Gasteiger partial charge in [0, 0.05) is 23.2 Å². The average Bonchev–Trinajstić information content (AvgIpc) is 2.76. The Morgan fingerprint density at radius 2 is 1.21 bits per heavy atom. The van der Waals surface area contributed by atoms with Crippen LogP contribution in [0.2, 0.25) is 0 Å². The van der Waals surface area contributed by atoms with Crippen molar-refractivity contribution in [2.75, 3.05) is 19.0 Å². The summed E-state index contributed by atoms with van der Waals surface area (Å²) < 4.78 is 34.2. The maximum atomic E-state index is 13.1. The fraction of sp³-hybridized carbons (Fsp3) is 1.00. The Kier molecular flexibility index (Phi) is 22.8. The Hall–Kier alpha value is 0.220. The standard InChI is InChI=1S/C25H53O6PS/c1-4-6-8-10-11-12-13-14-16-18-23-33(29)25(20-17-15-9-7-5-2)24(3)30-21-19-22-31-32(26,27)28/h24-25H,4-23H2,1-3H3,(H2,26,27,28). The molecule has 0 fully saturated rings. The van der Waals surface area contributed by atoms with E-state index < -0.39 is 18.6 Å². The molecule has 0 aromatic rings. The first-order valence-electron chi connectivity index (χ1n) is 13.5. The molecule has 0 aliphatic heterocycles. The van der Waals surface area contributed by atoms with E-state index in [1.807, 2.05) is 6.92 Å². The zero-order valence-electron chi connectivity index (χ0n) is 21.7. The van der Waals surface area contributed by atoms with E-state index in [4.69, 9.17) is 14.5 Å². The fourth-order valence-corrected chi connectivity index (χ4v) is 6.12. The monoisotopic (exact) mass is 512 g/mol. The zero-order chi connectivity index (χ0) is 24.8. The summed E-state index contributed by atoms with van der Waals surface area (Å²) in [6.45, 7) is 6.75. The molecule has 33 heavy (non-hydrogen) atoms. The van der Waals surface area contributed by atoms with Crippen LogP contribution < -0.4 is 0 Å². The second-order valence-corrected chi connectivity index (χ2v) is 12.3. The maximum absolute atomic E-state index is 13.1. The highest BCUT2D eigenvalue weighted by molar-refractivity contribution is 7.85. The minimum atomic E-state index is -4.42. The number of rotatable bonds is 25. The molecule has 6 nitrogen and oxygen atoms in total. The van der Waals surface area contributed by atoms with Crippen molar-refractivity contribution in [3.05, 3.63) is 0 Å². The topological polar surface area (TPSA) is 93.1 Å². The number of ether oxygens (including phenoxy) is 1. The average molecular weight is 513 g/mol. The van der Waals surface area contributed by atoms with Gasteiger partial charge in [-0.25, -0.2) is 4.57 Å². The van der Waals surface area contributed by atoms with E-state index >= 15 is 0 Å². The van der Waals surface area contributed by atoms with Crippen LogP contribution in [0.15, 0.2) is 0 Å². The van der Waals surface area contributed by atoms with Crippen molar-refractivity contribution >= 4 is 18.6 Å². The maximum Gasteiger partial charge on any atom is 0.469 e. The molecule has 0 saturated carbocycles. The van der Waals surface area contributed by atoms with Gasteiger partial charge in [0.25, 0.3) is 0 Å². The van der Waals surface area contributed by atoms with E-state index in [1.165, 1.54) is 77.0 Å². The molecule has 0 rings (SSSR count). The van der Waals surface area contributed by atoms with Crippen molar-refractivity contribution in [2.24, 2.45) is 0 Å². The van der Waals surface area contributed by atoms with Gasteiger partial charge in [-0.05, 0) is 26.2 Å². The van der Waals surface area contributed by atoms with Gasteiger partial charge in [0.2, 0.25) is 0 Å². The summed E-state index contributed by atoms with van der Waals surface area (Å²) in [5.74, 6) is 0.741. The second kappa shape index (κ2) is 22.7. The number of hydrogen-bond acceptors (Lipinski definition) is 4. The van der Waals surface area contributed by atoms with E-state index in [0.717, 1.165) is 31.4 Å². The Labute approximate surface area is 206 Å². The molecule has 3 atom stereocenters. The molecule has 2 N–H and O–H groups in total. The first-order chi connectivity index (χ1) is 15.8. The third-order valence-corrected chi connectivity index (χ3v) is 8.59. The first-order valence-corrected chi connectivity index (χ1v) is 16.4.